The lowest BCUT2D eigenvalue weighted by atomic mass is 10.0. The van der Waals surface area contributed by atoms with E-state index < -0.39 is 18.2 Å². The van der Waals surface area contributed by atoms with Gasteiger partial charge in [0, 0.05) is 5.56 Å². The molecule has 4 nitrogen and oxygen atoms in total. The van der Waals surface area contributed by atoms with Crippen molar-refractivity contribution in [3.05, 3.63) is 102 Å². The van der Waals surface area contributed by atoms with Gasteiger partial charge in [0.2, 0.25) is 0 Å². The van der Waals surface area contributed by atoms with E-state index in [1.54, 1.807) is 12.1 Å². The van der Waals surface area contributed by atoms with Crippen LogP contribution in [0.15, 0.2) is 84.9 Å². The molecule has 3 aromatic rings. The third-order valence-electron chi connectivity index (χ3n) is 4.66. The van der Waals surface area contributed by atoms with Crippen LogP contribution in [0, 0.1) is 0 Å². The van der Waals surface area contributed by atoms with Crippen molar-refractivity contribution in [3.63, 3.8) is 0 Å². The molecule has 3 aromatic carbocycles. The van der Waals surface area contributed by atoms with Crippen molar-refractivity contribution in [1.29, 1.82) is 0 Å². The van der Waals surface area contributed by atoms with Gasteiger partial charge in [0.25, 0.3) is 0 Å². The number of benzene rings is 3. The molecule has 0 fully saturated rings. The molecule has 1 atom stereocenters. The highest BCUT2D eigenvalue weighted by molar-refractivity contribution is 5.75. The van der Waals surface area contributed by atoms with Gasteiger partial charge in [-0.25, -0.2) is 4.79 Å². The van der Waals surface area contributed by atoms with Crippen LogP contribution in [0.25, 0.3) is 0 Å². The molecule has 4 heteroatoms. The molecular formula is C25H26O4. The minimum atomic E-state index is -0.748. The molecule has 0 amide bonds. The van der Waals surface area contributed by atoms with Gasteiger partial charge in [0.1, 0.15) is 5.75 Å². The fraction of sp³-hybridized carbons (Fsp3) is 0.240. The first-order valence-electron chi connectivity index (χ1n) is 9.88. The van der Waals surface area contributed by atoms with Gasteiger partial charge in [-0.3, -0.25) is 0 Å². The SMILES string of the molecule is CCCC(Oc1ccccc1CO)C(=O)OC(c1ccccc1)c1ccccc1. The summed E-state index contributed by atoms with van der Waals surface area (Å²) in [6.45, 7) is 1.84. The van der Waals surface area contributed by atoms with Gasteiger partial charge < -0.3 is 14.6 Å². The normalized spacial score (nSPS) is 11.8. The van der Waals surface area contributed by atoms with Crippen molar-refractivity contribution in [3.8, 4) is 5.75 Å². The predicted molar refractivity (Wildman–Crippen MR) is 113 cm³/mol. The molecule has 0 bridgehead atoms. The molecule has 0 radical (unpaired) electrons. The Morgan fingerprint density at radius 1 is 0.862 bits per heavy atom. The molecule has 0 saturated heterocycles. The van der Waals surface area contributed by atoms with Gasteiger partial charge in [-0.1, -0.05) is 92.2 Å². The number of hydrogen-bond donors (Lipinski definition) is 1. The van der Waals surface area contributed by atoms with E-state index in [0.29, 0.717) is 17.7 Å². The zero-order chi connectivity index (χ0) is 20.5. The smallest absolute Gasteiger partial charge is 0.348 e. The van der Waals surface area contributed by atoms with Crippen LogP contribution in [0.1, 0.15) is 42.6 Å². The van der Waals surface area contributed by atoms with Crippen LogP contribution in [-0.4, -0.2) is 17.2 Å². The summed E-state index contributed by atoms with van der Waals surface area (Å²) in [5.41, 5.74) is 2.44. The van der Waals surface area contributed by atoms with Gasteiger partial charge in [-0.05, 0) is 23.6 Å². The molecule has 0 aliphatic carbocycles. The average molecular weight is 390 g/mol. The van der Waals surface area contributed by atoms with Crippen molar-refractivity contribution in [1.82, 2.24) is 0 Å². The maximum Gasteiger partial charge on any atom is 0.348 e. The first kappa shape index (κ1) is 20.6. The van der Waals surface area contributed by atoms with Crippen LogP contribution in [0.3, 0.4) is 0 Å². The third kappa shape index (κ3) is 5.46. The number of para-hydroxylation sites is 1. The molecule has 0 saturated carbocycles. The number of aliphatic hydroxyl groups excluding tert-OH is 1. The molecule has 1 unspecified atom stereocenters. The number of esters is 1. The number of hydrogen-bond acceptors (Lipinski definition) is 4. The molecule has 0 aliphatic heterocycles. The molecule has 150 valence electrons. The van der Waals surface area contributed by atoms with Crippen LogP contribution in [0.2, 0.25) is 0 Å². The highest BCUT2D eigenvalue weighted by Gasteiger charge is 2.27. The molecule has 0 aliphatic rings. The van der Waals surface area contributed by atoms with Gasteiger partial charge in [-0.15, -0.1) is 0 Å². The van der Waals surface area contributed by atoms with Crippen molar-refractivity contribution >= 4 is 5.97 Å². The standard InChI is InChI=1S/C25H26O4/c1-2-11-23(28-22-17-10-9-16-21(22)18-26)25(27)29-24(19-12-5-3-6-13-19)20-14-7-4-8-15-20/h3-10,12-17,23-24,26H,2,11,18H2,1H3. The summed E-state index contributed by atoms with van der Waals surface area (Å²) in [7, 11) is 0. The van der Waals surface area contributed by atoms with Crippen LogP contribution < -0.4 is 4.74 Å². The fourth-order valence-electron chi connectivity index (χ4n) is 3.17. The maximum absolute atomic E-state index is 13.1. The van der Waals surface area contributed by atoms with E-state index in [2.05, 4.69) is 0 Å². The van der Waals surface area contributed by atoms with E-state index in [-0.39, 0.29) is 6.61 Å². The fourth-order valence-corrected chi connectivity index (χ4v) is 3.17. The van der Waals surface area contributed by atoms with Crippen molar-refractivity contribution in [2.24, 2.45) is 0 Å². The second-order valence-electron chi connectivity index (χ2n) is 6.80. The van der Waals surface area contributed by atoms with Crippen LogP contribution >= 0.6 is 0 Å². The summed E-state index contributed by atoms with van der Waals surface area (Å²) in [5, 5.41) is 9.55. The minimum Gasteiger partial charge on any atom is -0.478 e. The number of carbonyl (C=O) groups is 1. The Kier molecular flexibility index (Phi) is 7.42. The summed E-state index contributed by atoms with van der Waals surface area (Å²) in [6.07, 6.45) is 0.0284. The lowest BCUT2D eigenvalue weighted by molar-refractivity contribution is -0.156. The topological polar surface area (TPSA) is 55.8 Å². The van der Waals surface area contributed by atoms with Gasteiger partial charge in [0.15, 0.2) is 12.2 Å². The molecule has 3 rings (SSSR count). The Morgan fingerprint density at radius 2 is 1.41 bits per heavy atom. The van der Waals surface area contributed by atoms with Crippen LogP contribution in [0.4, 0.5) is 0 Å². The average Bonchev–Trinajstić information content (AvgIpc) is 2.78. The largest absolute Gasteiger partial charge is 0.478 e. The summed E-state index contributed by atoms with van der Waals surface area (Å²) in [5.74, 6) is 0.0821. The third-order valence-corrected chi connectivity index (χ3v) is 4.66. The molecule has 0 heterocycles. The summed E-state index contributed by atoms with van der Waals surface area (Å²) < 4.78 is 11.9. The Bertz CT molecular complexity index is 853. The van der Waals surface area contributed by atoms with Gasteiger partial charge in [0.05, 0.1) is 6.61 Å². The number of ether oxygens (including phenoxy) is 2. The molecule has 1 N–H and O–H groups in total. The second-order valence-corrected chi connectivity index (χ2v) is 6.80. The van der Waals surface area contributed by atoms with Crippen LogP contribution in [0.5, 0.6) is 5.75 Å². The monoisotopic (exact) mass is 390 g/mol. The van der Waals surface area contributed by atoms with E-state index in [1.165, 1.54) is 0 Å². The van der Waals surface area contributed by atoms with E-state index >= 15 is 0 Å². The summed E-state index contributed by atoms with van der Waals surface area (Å²) in [4.78, 5) is 13.1. The van der Waals surface area contributed by atoms with Crippen molar-refractivity contribution < 1.29 is 19.4 Å². The lowest BCUT2D eigenvalue weighted by Gasteiger charge is -2.24. The quantitative estimate of drug-likeness (QED) is 0.519. The zero-order valence-corrected chi connectivity index (χ0v) is 16.5. The number of aliphatic hydroxyl groups is 1. The van der Waals surface area contributed by atoms with Gasteiger partial charge >= 0.3 is 5.97 Å². The van der Waals surface area contributed by atoms with Crippen LogP contribution in [-0.2, 0) is 16.1 Å². The highest BCUT2D eigenvalue weighted by atomic mass is 16.6. The minimum absolute atomic E-state index is 0.152. The summed E-state index contributed by atoms with van der Waals surface area (Å²) in [6, 6.07) is 26.5. The van der Waals surface area contributed by atoms with Gasteiger partial charge in [-0.2, -0.15) is 0 Å². The van der Waals surface area contributed by atoms with E-state index in [1.807, 2.05) is 79.7 Å². The number of carbonyl (C=O) groups excluding carboxylic acids is 1. The zero-order valence-electron chi connectivity index (χ0n) is 16.5. The molecule has 29 heavy (non-hydrogen) atoms. The van der Waals surface area contributed by atoms with E-state index in [4.69, 9.17) is 9.47 Å². The number of rotatable bonds is 9. The Morgan fingerprint density at radius 3 is 1.97 bits per heavy atom. The Hall–Kier alpha value is -3.11. The highest BCUT2D eigenvalue weighted by Crippen LogP contribution is 2.28. The maximum atomic E-state index is 13.1. The second kappa shape index (κ2) is 10.4. The van der Waals surface area contributed by atoms with E-state index in [0.717, 1.165) is 17.5 Å². The Labute approximate surface area is 171 Å². The molecule has 0 aromatic heterocycles. The molecular weight excluding hydrogens is 364 g/mol. The van der Waals surface area contributed by atoms with Crippen molar-refractivity contribution in [2.75, 3.05) is 0 Å². The molecule has 0 spiro atoms. The first-order valence-corrected chi connectivity index (χ1v) is 9.88. The predicted octanol–water partition coefficient (Wildman–Crippen LogP) is 5.06. The lowest BCUT2D eigenvalue weighted by Crippen LogP contribution is -2.31. The van der Waals surface area contributed by atoms with Crippen molar-refractivity contribution in [2.45, 2.75) is 38.6 Å². The van der Waals surface area contributed by atoms with E-state index in [9.17, 15) is 9.90 Å². The summed E-state index contributed by atoms with van der Waals surface area (Å²) >= 11 is 0. The first-order chi connectivity index (χ1) is 14.2. The Balaban J connectivity index is 1.84.